The summed E-state index contributed by atoms with van der Waals surface area (Å²) in [5.74, 6) is -0.401. The molecule has 2 aromatic rings. The van der Waals surface area contributed by atoms with Gasteiger partial charge in [-0.25, -0.2) is 0 Å². The van der Waals surface area contributed by atoms with Gasteiger partial charge in [0.15, 0.2) is 0 Å². The normalized spacial score (nSPS) is 10.3. The zero-order chi connectivity index (χ0) is 17.0. The average Bonchev–Trinajstić information content (AvgIpc) is 2.47. The summed E-state index contributed by atoms with van der Waals surface area (Å²) in [6, 6.07) is 13.2. The molecule has 1 N–H and O–H groups in total. The minimum Gasteiger partial charge on any atom is -0.324 e. The van der Waals surface area contributed by atoms with E-state index < -0.39 is 0 Å². The second kappa shape index (κ2) is 7.42. The van der Waals surface area contributed by atoms with Crippen LogP contribution in [0.1, 0.15) is 18.1 Å². The van der Waals surface area contributed by atoms with Gasteiger partial charge in [-0.05, 0) is 49.2 Å². The molecule has 23 heavy (non-hydrogen) atoms. The van der Waals surface area contributed by atoms with E-state index in [9.17, 15) is 9.59 Å². The van der Waals surface area contributed by atoms with E-state index in [1.54, 1.807) is 6.07 Å². The molecule has 5 heteroatoms. The van der Waals surface area contributed by atoms with Gasteiger partial charge in [-0.15, -0.1) is 0 Å². The fourth-order valence-electron chi connectivity index (χ4n) is 2.29. The number of nitrogens with one attached hydrogen (secondary N) is 1. The van der Waals surface area contributed by atoms with Crippen LogP contribution in [0.3, 0.4) is 0 Å². The summed E-state index contributed by atoms with van der Waals surface area (Å²) in [7, 11) is 0. The number of benzene rings is 2. The van der Waals surface area contributed by atoms with Crippen molar-refractivity contribution in [1.82, 2.24) is 0 Å². The summed E-state index contributed by atoms with van der Waals surface area (Å²) in [5.41, 5.74) is 3.46. The second-order valence-electron chi connectivity index (χ2n) is 5.45. The molecule has 0 spiro atoms. The van der Waals surface area contributed by atoms with Crippen LogP contribution < -0.4 is 10.2 Å². The first-order chi connectivity index (χ1) is 10.9. The lowest BCUT2D eigenvalue weighted by atomic mass is 10.1. The van der Waals surface area contributed by atoms with Crippen molar-refractivity contribution in [1.29, 1.82) is 0 Å². The van der Waals surface area contributed by atoms with E-state index >= 15 is 0 Å². The van der Waals surface area contributed by atoms with Crippen molar-refractivity contribution in [2.24, 2.45) is 0 Å². The van der Waals surface area contributed by atoms with Crippen molar-refractivity contribution in [2.75, 3.05) is 16.8 Å². The maximum Gasteiger partial charge on any atom is 0.244 e. The molecule has 0 bridgehead atoms. The molecule has 0 aliphatic heterocycles. The first kappa shape index (κ1) is 17.2. The molecule has 0 radical (unpaired) electrons. The highest BCUT2D eigenvalue weighted by atomic mass is 79.9. The minimum atomic E-state index is -0.237. The van der Waals surface area contributed by atoms with Gasteiger partial charge in [0.05, 0.1) is 0 Å². The Morgan fingerprint density at radius 2 is 1.87 bits per heavy atom. The van der Waals surface area contributed by atoms with Crippen molar-refractivity contribution < 1.29 is 9.59 Å². The Hall–Kier alpha value is -2.14. The highest BCUT2D eigenvalue weighted by Crippen LogP contribution is 2.22. The van der Waals surface area contributed by atoms with Crippen LogP contribution in [-0.4, -0.2) is 18.4 Å². The van der Waals surface area contributed by atoms with Gasteiger partial charge < -0.3 is 10.2 Å². The smallest absolute Gasteiger partial charge is 0.244 e. The molecule has 0 saturated carbocycles. The molecule has 0 aromatic heterocycles. The number of nitrogens with zero attached hydrogens (tertiary/aromatic N) is 1. The van der Waals surface area contributed by atoms with Crippen LogP contribution in [0, 0.1) is 13.8 Å². The summed E-state index contributed by atoms with van der Waals surface area (Å²) < 4.78 is 0.883. The van der Waals surface area contributed by atoms with Crippen LogP contribution in [0.5, 0.6) is 0 Å². The monoisotopic (exact) mass is 374 g/mol. The highest BCUT2D eigenvalue weighted by molar-refractivity contribution is 9.10. The molecule has 0 fully saturated rings. The van der Waals surface area contributed by atoms with Crippen molar-refractivity contribution in [3.05, 3.63) is 58.1 Å². The maximum absolute atomic E-state index is 12.3. The predicted octanol–water partition coefficient (Wildman–Crippen LogP) is 4.06. The maximum atomic E-state index is 12.3. The Kier molecular flexibility index (Phi) is 5.55. The lowest BCUT2D eigenvalue weighted by Crippen LogP contribution is -2.37. The van der Waals surface area contributed by atoms with Crippen molar-refractivity contribution in [2.45, 2.75) is 20.8 Å². The molecule has 2 rings (SSSR count). The molecule has 2 aromatic carbocycles. The summed E-state index contributed by atoms with van der Waals surface area (Å²) in [5, 5.41) is 2.81. The fraction of sp³-hybridized carbons (Fsp3) is 0.222. The number of hydrogen-bond acceptors (Lipinski definition) is 2. The largest absolute Gasteiger partial charge is 0.324 e. The third kappa shape index (κ3) is 4.66. The van der Waals surface area contributed by atoms with E-state index in [-0.39, 0.29) is 18.4 Å². The predicted molar refractivity (Wildman–Crippen MR) is 96.7 cm³/mol. The number of carbonyl (C=O) groups excluding carboxylic acids is 2. The van der Waals surface area contributed by atoms with Crippen LogP contribution in [0.2, 0.25) is 0 Å². The second-order valence-corrected chi connectivity index (χ2v) is 6.37. The molecule has 2 amide bonds. The Bertz CT molecular complexity index is 744. The van der Waals surface area contributed by atoms with Crippen LogP contribution in [-0.2, 0) is 9.59 Å². The van der Waals surface area contributed by atoms with Crippen LogP contribution in [0.15, 0.2) is 46.9 Å². The van der Waals surface area contributed by atoms with Gasteiger partial charge in [0.2, 0.25) is 11.8 Å². The first-order valence-electron chi connectivity index (χ1n) is 7.27. The van der Waals surface area contributed by atoms with E-state index in [2.05, 4.69) is 21.2 Å². The third-order valence-electron chi connectivity index (χ3n) is 3.45. The van der Waals surface area contributed by atoms with E-state index in [0.717, 1.165) is 21.3 Å². The van der Waals surface area contributed by atoms with Crippen molar-refractivity contribution in [3.63, 3.8) is 0 Å². The topological polar surface area (TPSA) is 49.4 Å². The van der Waals surface area contributed by atoms with Gasteiger partial charge in [-0.2, -0.15) is 0 Å². The molecule has 0 aliphatic carbocycles. The number of hydrogen-bond donors (Lipinski definition) is 1. The van der Waals surface area contributed by atoms with Gasteiger partial charge >= 0.3 is 0 Å². The standard InChI is InChI=1S/C18H19BrN2O2/c1-12-7-8-13(2)17(9-12)21(14(3)22)11-18(23)20-16-6-4-5-15(19)10-16/h4-10H,11H2,1-3H3,(H,20,23). The molecular formula is C18H19BrN2O2. The number of aryl methyl sites for hydroxylation is 2. The van der Waals surface area contributed by atoms with Gasteiger partial charge in [0.25, 0.3) is 0 Å². The average molecular weight is 375 g/mol. The molecule has 0 saturated heterocycles. The summed E-state index contributed by atoms with van der Waals surface area (Å²) in [6.07, 6.45) is 0. The van der Waals surface area contributed by atoms with Crippen LogP contribution >= 0.6 is 15.9 Å². The molecule has 4 nitrogen and oxygen atoms in total. The van der Waals surface area contributed by atoms with E-state index in [1.807, 2.05) is 50.2 Å². The molecule has 0 atom stereocenters. The van der Waals surface area contributed by atoms with Gasteiger partial charge in [0.1, 0.15) is 6.54 Å². The first-order valence-corrected chi connectivity index (χ1v) is 8.07. The SMILES string of the molecule is CC(=O)N(CC(=O)Nc1cccc(Br)c1)c1cc(C)ccc1C. The summed E-state index contributed by atoms with van der Waals surface area (Å²) in [6.45, 7) is 5.33. The number of halogens is 1. The minimum absolute atomic E-state index is 0.0217. The van der Waals surface area contributed by atoms with Crippen LogP contribution in [0.4, 0.5) is 11.4 Å². The number of anilines is 2. The van der Waals surface area contributed by atoms with E-state index in [4.69, 9.17) is 0 Å². The van der Waals surface area contributed by atoms with Gasteiger partial charge in [-0.1, -0.05) is 34.1 Å². The molecule has 0 heterocycles. The van der Waals surface area contributed by atoms with E-state index in [1.165, 1.54) is 11.8 Å². The van der Waals surface area contributed by atoms with Gasteiger partial charge in [0, 0.05) is 22.8 Å². The number of amides is 2. The molecule has 0 unspecified atom stereocenters. The van der Waals surface area contributed by atoms with Crippen LogP contribution in [0.25, 0.3) is 0 Å². The number of carbonyl (C=O) groups is 2. The Labute approximate surface area is 144 Å². The Balaban J connectivity index is 2.18. The Morgan fingerprint density at radius 1 is 1.13 bits per heavy atom. The lowest BCUT2D eigenvalue weighted by molar-refractivity contribution is -0.120. The summed E-state index contributed by atoms with van der Waals surface area (Å²) >= 11 is 3.36. The van der Waals surface area contributed by atoms with Crippen molar-refractivity contribution in [3.8, 4) is 0 Å². The van der Waals surface area contributed by atoms with Crippen molar-refractivity contribution >= 4 is 39.1 Å². The summed E-state index contributed by atoms with van der Waals surface area (Å²) in [4.78, 5) is 25.8. The van der Waals surface area contributed by atoms with Gasteiger partial charge in [-0.3, -0.25) is 9.59 Å². The third-order valence-corrected chi connectivity index (χ3v) is 3.94. The Morgan fingerprint density at radius 3 is 2.52 bits per heavy atom. The zero-order valence-electron chi connectivity index (χ0n) is 13.4. The fourth-order valence-corrected chi connectivity index (χ4v) is 2.69. The zero-order valence-corrected chi connectivity index (χ0v) is 15.0. The highest BCUT2D eigenvalue weighted by Gasteiger charge is 2.18. The quantitative estimate of drug-likeness (QED) is 0.876. The lowest BCUT2D eigenvalue weighted by Gasteiger charge is -2.23. The molecular weight excluding hydrogens is 356 g/mol. The number of rotatable bonds is 4. The molecule has 120 valence electrons. The molecule has 0 aliphatic rings. The van der Waals surface area contributed by atoms with E-state index in [0.29, 0.717) is 5.69 Å².